The number of benzene rings is 1. The Morgan fingerprint density at radius 3 is 2.83 bits per heavy atom. The molecule has 4 rings (SSSR count). The number of nitrogens with zero attached hydrogens (tertiary/aromatic N) is 4. The zero-order chi connectivity index (χ0) is 16.4. The van der Waals surface area contributed by atoms with Gasteiger partial charge in [-0.15, -0.1) is 0 Å². The van der Waals surface area contributed by atoms with Crippen molar-refractivity contribution in [1.82, 2.24) is 24.6 Å². The van der Waals surface area contributed by atoms with Gasteiger partial charge in [0.1, 0.15) is 5.82 Å². The number of imidazole rings is 1. The number of carbonyl (C=O) groups excluding carboxylic acids is 1. The molecular weight excluding hydrogens is 302 g/mol. The molecule has 24 heavy (non-hydrogen) atoms. The summed E-state index contributed by atoms with van der Waals surface area (Å²) in [6.45, 7) is 0.801. The quantitative estimate of drug-likeness (QED) is 0.803. The third kappa shape index (κ3) is 2.82. The molecule has 3 aromatic rings. The molecule has 0 aliphatic carbocycles. The van der Waals surface area contributed by atoms with Crippen LogP contribution in [0.25, 0.3) is 5.69 Å². The molecule has 122 valence electrons. The van der Waals surface area contributed by atoms with Crippen molar-refractivity contribution in [3.63, 3.8) is 0 Å². The minimum Gasteiger partial charge on any atom is -0.347 e. The van der Waals surface area contributed by atoms with Gasteiger partial charge >= 0.3 is 0 Å². The fourth-order valence-electron chi connectivity index (χ4n) is 3.27. The van der Waals surface area contributed by atoms with E-state index in [1.54, 1.807) is 17.1 Å². The molecule has 0 radical (unpaired) electrons. The Morgan fingerprint density at radius 1 is 1.25 bits per heavy atom. The first-order valence-electron chi connectivity index (χ1n) is 8.19. The van der Waals surface area contributed by atoms with Gasteiger partial charge in [-0.3, -0.25) is 4.79 Å². The highest BCUT2D eigenvalue weighted by molar-refractivity contribution is 5.79. The van der Waals surface area contributed by atoms with Crippen LogP contribution in [0.2, 0.25) is 0 Å². The highest BCUT2D eigenvalue weighted by atomic mass is 16.2. The smallest absolute Gasteiger partial charge is 0.227 e. The van der Waals surface area contributed by atoms with E-state index in [9.17, 15) is 4.79 Å². The first kappa shape index (κ1) is 14.7. The lowest BCUT2D eigenvalue weighted by Gasteiger charge is -2.23. The number of rotatable bonds is 4. The van der Waals surface area contributed by atoms with Gasteiger partial charge in [-0.25, -0.2) is 9.67 Å². The average Bonchev–Trinajstić information content (AvgIpc) is 3.35. The van der Waals surface area contributed by atoms with Crippen LogP contribution in [-0.4, -0.2) is 37.1 Å². The topological polar surface area (TPSA) is 66.8 Å². The number of hydrogen-bond donors (Lipinski definition) is 1. The number of likely N-dealkylation sites (tertiary alicyclic amines) is 1. The second-order valence-corrected chi connectivity index (χ2v) is 6.01. The third-order valence-electron chi connectivity index (χ3n) is 4.47. The maximum atomic E-state index is 12.7. The van der Waals surface area contributed by atoms with E-state index in [4.69, 9.17) is 0 Å². The zero-order valence-corrected chi connectivity index (χ0v) is 13.3. The summed E-state index contributed by atoms with van der Waals surface area (Å²) in [4.78, 5) is 22.1. The Kier molecular flexibility index (Phi) is 3.86. The van der Waals surface area contributed by atoms with E-state index in [1.165, 1.54) is 0 Å². The average molecular weight is 321 g/mol. The monoisotopic (exact) mass is 321 g/mol. The SMILES string of the molecule is O=C(Cc1ccc(-n2cccn2)cc1)N1CCC[C@@H]1c1ncc[nH]1. The van der Waals surface area contributed by atoms with Gasteiger partial charge < -0.3 is 9.88 Å². The minimum absolute atomic E-state index is 0.0795. The van der Waals surface area contributed by atoms with E-state index >= 15 is 0 Å². The van der Waals surface area contributed by atoms with Crippen LogP contribution in [0, 0.1) is 0 Å². The highest BCUT2D eigenvalue weighted by Crippen LogP contribution is 2.30. The summed E-state index contributed by atoms with van der Waals surface area (Å²) in [5.41, 5.74) is 2.01. The van der Waals surface area contributed by atoms with Crippen LogP contribution in [0.4, 0.5) is 0 Å². The molecule has 6 nitrogen and oxygen atoms in total. The molecule has 2 aromatic heterocycles. The predicted molar refractivity (Wildman–Crippen MR) is 89.5 cm³/mol. The van der Waals surface area contributed by atoms with Crippen LogP contribution in [0.15, 0.2) is 55.1 Å². The van der Waals surface area contributed by atoms with Gasteiger partial charge in [0.15, 0.2) is 0 Å². The van der Waals surface area contributed by atoms with Crippen molar-refractivity contribution in [1.29, 1.82) is 0 Å². The van der Waals surface area contributed by atoms with Crippen molar-refractivity contribution in [3.8, 4) is 5.69 Å². The summed E-state index contributed by atoms with van der Waals surface area (Å²) >= 11 is 0. The van der Waals surface area contributed by atoms with Gasteiger partial charge in [-0.1, -0.05) is 12.1 Å². The Balaban J connectivity index is 1.46. The van der Waals surface area contributed by atoms with E-state index in [0.29, 0.717) is 6.42 Å². The van der Waals surface area contributed by atoms with Crippen LogP contribution in [-0.2, 0) is 11.2 Å². The molecule has 1 aromatic carbocycles. The molecule has 1 fully saturated rings. The Bertz CT molecular complexity index is 793. The number of amides is 1. The summed E-state index contributed by atoms with van der Waals surface area (Å²) < 4.78 is 1.80. The van der Waals surface area contributed by atoms with E-state index < -0.39 is 0 Å². The van der Waals surface area contributed by atoms with Crippen LogP contribution in [0.3, 0.4) is 0 Å². The summed E-state index contributed by atoms with van der Waals surface area (Å²) in [5.74, 6) is 1.04. The van der Waals surface area contributed by atoms with Crippen LogP contribution < -0.4 is 0 Å². The number of nitrogens with one attached hydrogen (secondary N) is 1. The molecule has 1 amide bonds. The van der Waals surface area contributed by atoms with E-state index in [-0.39, 0.29) is 11.9 Å². The van der Waals surface area contributed by atoms with Gasteiger partial charge in [-0.05, 0) is 36.6 Å². The molecule has 1 saturated heterocycles. The Labute approximate surface area is 140 Å². The fraction of sp³-hybridized carbons (Fsp3) is 0.278. The molecule has 1 aliphatic rings. The number of carbonyl (C=O) groups is 1. The molecule has 0 spiro atoms. The maximum Gasteiger partial charge on any atom is 0.227 e. The standard InChI is InChI=1S/C18H19N5O/c24-17(22-11-1-3-16(22)18-19-9-10-20-18)13-14-4-6-15(7-5-14)23-12-2-8-21-23/h2,4-10,12,16H,1,3,11,13H2,(H,19,20)/t16-/m1/s1. The minimum atomic E-state index is 0.0795. The lowest BCUT2D eigenvalue weighted by atomic mass is 10.1. The second-order valence-electron chi connectivity index (χ2n) is 6.01. The normalized spacial score (nSPS) is 17.3. The maximum absolute atomic E-state index is 12.7. The van der Waals surface area contributed by atoms with Gasteiger partial charge in [0.05, 0.1) is 18.2 Å². The van der Waals surface area contributed by atoms with Gasteiger partial charge in [0.2, 0.25) is 5.91 Å². The number of aromatic amines is 1. The molecule has 3 heterocycles. The molecule has 0 saturated carbocycles. The Hall–Kier alpha value is -2.89. The van der Waals surface area contributed by atoms with Gasteiger partial charge in [-0.2, -0.15) is 5.10 Å². The first-order valence-corrected chi connectivity index (χ1v) is 8.19. The lowest BCUT2D eigenvalue weighted by molar-refractivity contribution is -0.131. The second kappa shape index (κ2) is 6.31. The van der Waals surface area contributed by atoms with Gasteiger partial charge in [0.25, 0.3) is 0 Å². The summed E-state index contributed by atoms with van der Waals surface area (Å²) in [6.07, 6.45) is 9.61. The van der Waals surface area contributed by atoms with Crippen molar-refractivity contribution >= 4 is 5.91 Å². The van der Waals surface area contributed by atoms with Crippen molar-refractivity contribution in [3.05, 3.63) is 66.5 Å². The van der Waals surface area contributed by atoms with E-state index in [2.05, 4.69) is 15.1 Å². The number of H-pyrrole nitrogens is 1. The fourth-order valence-corrected chi connectivity index (χ4v) is 3.27. The molecule has 1 aliphatic heterocycles. The largest absolute Gasteiger partial charge is 0.347 e. The lowest BCUT2D eigenvalue weighted by Crippen LogP contribution is -2.32. The third-order valence-corrected chi connectivity index (χ3v) is 4.47. The highest BCUT2D eigenvalue weighted by Gasteiger charge is 2.31. The van der Waals surface area contributed by atoms with E-state index in [0.717, 1.165) is 36.5 Å². The van der Waals surface area contributed by atoms with Crippen LogP contribution >= 0.6 is 0 Å². The van der Waals surface area contributed by atoms with Gasteiger partial charge in [0, 0.05) is 31.3 Å². The van der Waals surface area contributed by atoms with Crippen molar-refractivity contribution in [2.75, 3.05) is 6.54 Å². The number of hydrogen-bond acceptors (Lipinski definition) is 3. The molecule has 6 heteroatoms. The molecule has 1 N–H and O–H groups in total. The molecule has 0 bridgehead atoms. The van der Waals surface area contributed by atoms with E-state index in [1.807, 2.05) is 47.6 Å². The van der Waals surface area contributed by atoms with Crippen molar-refractivity contribution in [2.45, 2.75) is 25.3 Å². The number of aromatic nitrogens is 4. The summed E-state index contributed by atoms with van der Waals surface area (Å²) in [5, 5.41) is 4.21. The molecular formula is C18H19N5O. The van der Waals surface area contributed by atoms with Crippen LogP contribution in [0.5, 0.6) is 0 Å². The molecule has 1 atom stereocenters. The van der Waals surface area contributed by atoms with Crippen molar-refractivity contribution in [2.24, 2.45) is 0 Å². The summed E-state index contributed by atoms with van der Waals surface area (Å²) in [6, 6.07) is 9.93. The van der Waals surface area contributed by atoms with Crippen LogP contribution in [0.1, 0.15) is 30.3 Å². The Morgan fingerprint density at radius 2 is 2.12 bits per heavy atom. The predicted octanol–water partition coefficient (Wildman–Crippen LogP) is 2.50. The molecule has 0 unspecified atom stereocenters. The zero-order valence-electron chi connectivity index (χ0n) is 13.3. The first-order chi connectivity index (χ1) is 11.8. The summed E-state index contributed by atoms with van der Waals surface area (Å²) in [7, 11) is 0. The van der Waals surface area contributed by atoms with Crippen molar-refractivity contribution < 1.29 is 4.79 Å².